The first-order valence-electron chi connectivity index (χ1n) is 7.26. The van der Waals surface area contributed by atoms with Crippen molar-refractivity contribution in [3.05, 3.63) is 51.8 Å². The highest BCUT2D eigenvalue weighted by Crippen LogP contribution is 2.35. The summed E-state index contributed by atoms with van der Waals surface area (Å²) in [5.74, 6) is -0.203. The molecule has 0 spiro atoms. The zero-order valence-corrected chi connectivity index (χ0v) is 15.4. The zero-order chi connectivity index (χ0) is 19.1. The fourth-order valence-electron chi connectivity index (χ4n) is 1.98. The summed E-state index contributed by atoms with van der Waals surface area (Å²) in [5.41, 5.74) is 0.944. The Morgan fingerprint density at radius 2 is 1.96 bits per heavy atom. The lowest BCUT2D eigenvalue weighted by Gasteiger charge is -2.09. The number of hydrogen-bond donors (Lipinski definition) is 1. The first-order chi connectivity index (χ1) is 12.4. The summed E-state index contributed by atoms with van der Waals surface area (Å²) in [4.78, 5) is 16.7. The van der Waals surface area contributed by atoms with Crippen LogP contribution in [0.5, 0.6) is 11.5 Å². The second kappa shape index (κ2) is 9.26. The van der Waals surface area contributed by atoms with Gasteiger partial charge in [0.1, 0.15) is 5.82 Å². The molecule has 0 aromatic heterocycles. The fraction of sp³-hybridized carbons (Fsp3) is 0.176. The van der Waals surface area contributed by atoms with E-state index in [0.29, 0.717) is 27.8 Å². The Kier molecular flexibility index (Phi) is 7.06. The molecule has 138 valence electrons. The van der Waals surface area contributed by atoms with Crippen molar-refractivity contribution in [3.8, 4) is 11.5 Å². The van der Waals surface area contributed by atoms with Gasteiger partial charge in [-0.3, -0.25) is 4.79 Å². The van der Waals surface area contributed by atoms with E-state index in [-0.39, 0.29) is 11.6 Å². The van der Waals surface area contributed by atoms with Gasteiger partial charge in [-0.2, -0.15) is 0 Å². The van der Waals surface area contributed by atoms with Crippen molar-refractivity contribution in [2.75, 3.05) is 26.1 Å². The summed E-state index contributed by atoms with van der Waals surface area (Å²) < 4.78 is 23.4. The monoisotopic (exact) mass is 400 g/mol. The number of benzene rings is 2. The average molecular weight is 401 g/mol. The minimum absolute atomic E-state index is 0.0907. The number of carbonyl (C=O) groups is 1. The molecular weight excluding hydrogens is 386 g/mol. The quantitative estimate of drug-likeness (QED) is 0.560. The van der Waals surface area contributed by atoms with E-state index in [2.05, 4.69) is 10.5 Å². The van der Waals surface area contributed by atoms with E-state index in [0.717, 1.165) is 6.07 Å². The molecule has 1 amide bonds. The van der Waals surface area contributed by atoms with Crippen LogP contribution < -0.4 is 14.8 Å². The van der Waals surface area contributed by atoms with E-state index in [4.69, 9.17) is 37.5 Å². The van der Waals surface area contributed by atoms with Crippen LogP contribution in [0.2, 0.25) is 10.0 Å². The lowest BCUT2D eigenvalue weighted by Crippen LogP contribution is -2.17. The largest absolute Gasteiger partial charge is 0.493 e. The first kappa shape index (κ1) is 19.8. The molecular formula is C17H15Cl2FN2O4. The molecule has 0 unspecified atom stereocenters. The van der Waals surface area contributed by atoms with Crippen molar-refractivity contribution in [1.82, 2.24) is 0 Å². The van der Waals surface area contributed by atoms with Crippen molar-refractivity contribution in [2.24, 2.45) is 5.16 Å². The molecule has 0 saturated heterocycles. The lowest BCUT2D eigenvalue weighted by molar-refractivity contribution is -0.120. The summed E-state index contributed by atoms with van der Waals surface area (Å²) in [7, 11) is 2.96. The maximum absolute atomic E-state index is 13.1. The third-order valence-corrected chi connectivity index (χ3v) is 3.70. The predicted octanol–water partition coefficient (Wildman–Crippen LogP) is 4.14. The number of methoxy groups -OCH3 is 2. The van der Waals surface area contributed by atoms with Gasteiger partial charge in [0.15, 0.2) is 18.1 Å². The smallest absolute Gasteiger partial charge is 0.265 e. The standard InChI is InChI=1S/C17H15Cl2FN2O4/c1-24-15-6-10(5-13(19)17(15)25-2)8-21-26-9-16(23)22-11-3-4-14(20)12(18)7-11/h3-8H,9H2,1-2H3,(H,22,23)/b21-8-. The summed E-state index contributed by atoms with van der Waals surface area (Å²) in [5, 5.41) is 6.46. The number of halogens is 3. The van der Waals surface area contributed by atoms with E-state index < -0.39 is 11.7 Å². The third-order valence-electron chi connectivity index (χ3n) is 3.13. The van der Waals surface area contributed by atoms with Crippen molar-refractivity contribution >= 4 is 41.0 Å². The summed E-state index contributed by atoms with van der Waals surface area (Å²) in [6.07, 6.45) is 1.37. The normalized spacial score (nSPS) is 10.7. The minimum atomic E-state index is -0.570. The molecule has 26 heavy (non-hydrogen) atoms. The van der Waals surface area contributed by atoms with Crippen LogP contribution in [0, 0.1) is 5.82 Å². The number of ether oxygens (including phenoxy) is 2. The summed E-state index contributed by atoms with van der Waals surface area (Å²) in [6, 6.07) is 7.09. The van der Waals surface area contributed by atoms with Gasteiger partial charge in [-0.1, -0.05) is 28.4 Å². The second-order valence-electron chi connectivity index (χ2n) is 4.92. The van der Waals surface area contributed by atoms with Crippen molar-refractivity contribution < 1.29 is 23.5 Å². The number of carbonyl (C=O) groups excluding carboxylic acids is 1. The van der Waals surface area contributed by atoms with Gasteiger partial charge in [0, 0.05) is 11.3 Å². The number of anilines is 1. The van der Waals surface area contributed by atoms with Crippen molar-refractivity contribution in [1.29, 1.82) is 0 Å². The maximum Gasteiger partial charge on any atom is 0.265 e. The first-order valence-corrected chi connectivity index (χ1v) is 8.02. The van der Waals surface area contributed by atoms with Crippen LogP contribution in [0.3, 0.4) is 0 Å². The van der Waals surface area contributed by atoms with Gasteiger partial charge in [-0.25, -0.2) is 4.39 Å². The Hall–Kier alpha value is -2.51. The number of nitrogens with zero attached hydrogens (tertiary/aromatic N) is 1. The van der Waals surface area contributed by atoms with E-state index in [1.54, 1.807) is 12.1 Å². The van der Waals surface area contributed by atoms with Crippen LogP contribution in [0.25, 0.3) is 0 Å². The highest BCUT2D eigenvalue weighted by Gasteiger charge is 2.10. The van der Waals surface area contributed by atoms with E-state index in [9.17, 15) is 9.18 Å². The maximum atomic E-state index is 13.1. The van der Waals surface area contributed by atoms with Gasteiger partial charge >= 0.3 is 0 Å². The van der Waals surface area contributed by atoms with E-state index >= 15 is 0 Å². The highest BCUT2D eigenvalue weighted by molar-refractivity contribution is 6.32. The van der Waals surface area contributed by atoms with Crippen LogP contribution in [0.15, 0.2) is 35.5 Å². The number of rotatable bonds is 7. The Morgan fingerprint density at radius 1 is 1.19 bits per heavy atom. The summed E-state index contributed by atoms with van der Waals surface area (Å²) >= 11 is 11.7. The lowest BCUT2D eigenvalue weighted by atomic mass is 10.2. The molecule has 1 N–H and O–H groups in total. The molecule has 0 fully saturated rings. The summed E-state index contributed by atoms with van der Waals surface area (Å²) in [6.45, 7) is -0.341. The molecule has 0 aliphatic rings. The van der Waals surface area contributed by atoms with Gasteiger partial charge in [0.25, 0.3) is 5.91 Å². The van der Waals surface area contributed by atoms with Crippen LogP contribution in [0.1, 0.15) is 5.56 Å². The van der Waals surface area contributed by atoms with Gasteiger partial charge in [-0.05, 0) is 30.3 Å². The number of hydrogen-bond acceptors (Lipinski definition) is 5. The van der Waals surface area contributed by atoms with E-state index in [1.165, 1.54) is 32.6 Å². The van der Waals surface area contributed by atoms with Gasteiger partial charge in [-0.15, -0.1) is 0 Å². The number of nitrogens with one attached hydrogen (secondary N) is 1. The Morgan fingerprint density at radius 3 is 2.62 bits per heavy atom. The molecule has 0 atom stereocenters. The molecule has 2 aromatic rings. The number of amides is 1. The molecule has 2 aromatic carbocycles. The van der Waals surface area contributed by atoms with Gasteiger partial charge in [0.05, 0.1) is 30.5 Å². The molecule has 0 heterocycles. The van der Waals surface area contributed by atoms with Crippen molar-refractivity contribution in [3.63, 3.8) is 0 Å². The van der Waals surface area contributed by atoms with Crippen LogP contribution in [-0.4, -0.2) is 32.9 Å². The molecule has 0 bridgehead atoms. The molecule has 0 aliphatic heterocycles. The molecule has 0 radical (unpaired) electrons. The molecule has 6 nitrogen and oxygen atoms in total. The molecule has 9 heteroatoms. The number of oxime groups is 1. The van der Waals surface area contributed by atoms with Crippen LogP contribution >= 0.6 is 23.2 Å². The van der Waals surface area contributed by atoms with Gasteiger partial charge < -0.3 is 19.6 Å². The average Bonchev–Trinajstić information content (AvgIpc) is 2.61. The molecule has 2 rings (SSSR count). The SMILES string of the molecule is COc1cc(/C=N\OCC(=O)Nc2ccc(F)c(Cl)c2)cc(Cl)c1OC. The fourth-order valence-corrected chi connectivity index (χ4v) is 2.45. The Balaban J connectivity index is 1.91. The minimum Gasteiger partial charge on any atom is -0.493 e. The molecule has 0 aliphatic carbocycles. The third kappa shape index (κ3) is 5.24. The molecule has 0 saturated carbocycles. The van der Waals surface area contributed by atoms with E-state index in [1.807, 2.05) is 0 Å². The zero-order valence-electron chi connectivity index (χ0n) is 13.9. The predicted molar refractivity (Wildman–Crippen MR) is 98.1 cm³/mol. The Labute approximate surface area is 159 Å². The highest BCUT2D eigenvalue weighted by atomic mass is 35.5. The van der Waals surface area contributed by atoms with Crippen LogP contribution in [0.4, 0.5) is 10.1 Å². The second-order valence-corrected chi connectivity index (χ2v) is 5.74. The Bertz CT molecular complexity index is 831. The van der Waals surface area contributed by atoms with Crippen molar-refractivity contribution in [2.45, 2.75) is 0 Å². The van der Waals surface area contributed by atoms with Crippen LogP contribution in [-0.2, 0) is 9.63 Å². The van der Waals surface area contributed by atoms with Gasteiger partial charge in [0.2, 0.25) is 0 Å². The topological polar surface area (TPSA) is 69.2 Å².